The van der Waals surface area contributed by atoms with Crippen LogP contribution in [-0.4, -0.2) is 28.1 Å². The molecular formula is C10H10FN5O4S. The minimum Gasteiger partial charge on any atom is -0.258 e. The first-order chi connectivity index (χ1) is 9.72. The quantitative estimate of drug-likeness (QED) is 0.663. The van der Waals surface area contributed by atoms with Crippen LogP contribution in [0.25, 0.3) is 0 Å². The van der Waals surface area contributed by atoms with Gasteiger partial charge < -0.3 is 0 Å². The molecule has 1 heterocycles. The number of benzene rings is 1. The van der Waals surface area contributed by atoms with Gasteiger partial charge in [0.05, 0.1) is 9.82 Å². The van der Waals surface area contributed by atoms with Gasteiger partial charge in [0.25, 0.3) is 10.0 Å². The number of hydrogen-bond donors (Lipinski definition) is 1. The van der Waals surface area contributed by atoms with Gasteiger partial charge in [0.15, 0.2) is 0 Å². The number of nitrogens with zero attached hydrogens (tertiary/aromatic N) is 4. The Morgan fingerprint density at radius 3 is 2.62 bits per heavy atom. The molecule has 0 radical (unpaired) electrons. The van der Waals surface area contributed by atoms with E-state index in [1.807, 2.05) is 0 Å². The zero-order chi connectivity index (χ0) is 15.8. The van der Waals surface area contributed by atoms with Gasteiger partial charge in [0.2, 0.25) is 11.8 Å². The molecule has 21 heavy (non-hydrogen) atoms. The van der Waals surface area contributed by atoms with Crippen LogP contribution in [-0.2, 0) is 17.1 Å². The molecule has 0 fully saturated rings. The van der Waals surface area contributed by atoms with E-state index in [-0.39, 0.29) is 11.5 Å². The number of nitro benzene ring substituents is 1. The van der Waals surface area contributed by atoms with Crippen molar-refractivity contribution in [1.82, 2.24) is 14.8 Å². The van der Waals surface area contributed by atoms with Crippen LogP contribution in [0.2, 0.25) is 0 Å². The molecule has 0 aliphatic heterocycles. The van der Waals surface area contributed by atoms with Crippen molar-refractivity contribution in [3.8, 4) is 0 Å². The molecule has 0 aliphatic carbocycles. The second-order valence-electron chi connectivity index (χ2n) is 4.14. The van der Waals surface area contributed by atoms with Crippen LogP contribution in [0, 0.1) is 22.9 Å². The average molecular weight is 315 g/mol. The van der Waals surface area contributed by atoms with Crippen LogP contribution in [0.5, 0.6) is 0 Å². The van der Waals surface area contributed by atoms with Crippen LogP contribution in [0.4, 0.5) is 16.0 Å². The Kier molecular flexibility index (Phi) is 3.60. The van der Waals surface area contributed by atoms with Gasteiger partial charge in [0.1, 0.15) is 6.33 Å². The van der Waals surface area contributed by atoms with Crippen molar-refractivity contribution in [2.24, 2.45) is 7.05 Å². The molecule has 112 valence electrons. The van der Waals surface area contributed by atoms with Crippen molar-refractivity contribution in [2.45, 2.75) is 11.8 Å². The van der Waals surface area contributed by atoms with Gasteiger partial charge in [-0.3, -0.25) is 10.1 Å². The molecule has 2 aromatic rings. The summed E-state index contributed by atoms with van der Waals surface area (Å²) < 4.78 is 41.2. The standard InChI is InChI=1S/C10H10FN5O4S/c1-6-3-7(11)8(16(17)18)4-9(6)21(19,20)14-10-12-5-13-15(10)2/h3-5H,1-2H3,(H,12,13,14). The summed E-state index contributed by atoms with van der Waals surface area (Å²) in [5.41, 5.74) is -0.883. The molecule has 0 spiro atoms. The second-order valence-corrected chi connectivity index (χ2v) is 5.79. The van der Waals surface area contributed by atoms with Crippen molar-refractivity contribution in [3.63, 3.8) is 0 Å². The molecule has 0 amide bonds. The number of anilines is 1. The van der Waals surface area contributed by atoms with Gasteiger partial charge in [0, 0.05) is 13.1 Å². The lowest BCUT2D eigenvalue weighted by Crippen LogP contribution is -2.17. The van der Waals surface area contributed by atoms with E-state index < -0.39 is 31.3 Å². The first-order valence-corrected chi connectivity index (χ1v) is 7.02. The number of halogens is 1. The summed E-state index contributed by atoms with van der Waals surface area (Å²) in [7, 11) is -2.69. The predicted octanol–water partition coefficient (Wildman–Crippen LogP) is 0.972. The molecular weight excluding hydrogens is 305 g/mol. The fraction of sp³-hybridized carbons (Fsp3) is 0.200. The van der Waals surface area contributed by atoms with E-state index in [0.717, 1.165) is 12.4 Å². The molecule has 0 atom stereocenters. The maximum atomic E-state index is 13.4. The fourth-order valence-electron chi connectivity index (χ4n) is 1.64. The zero-order valence-corrected chi connectivity index (χ0v) is 11.8. The molecule has 0 bridgehead atoms. The third-order valence-corrected chi connectivity index (χ3v) is 4.14. The summed E-state index contributed by atoms with van der Waals surface area (Å²) in [6.45, 7) is 1.33. The molecule has 1 aromatic carbocycles. The number of sulfonamides is 1. The van der Waals surface area contributed by atoms with Crippen molar-refractivity contribution >= 4 is 21.7 Å². The van der Waals surface area contributed by atoms with Gasteiger partial charge in [-0.2, -0.15) is 14.5 Å². The summed E-state index contributed by atoms with van der Waals surface area (Å²) in [6.07, 6.45) is 1.14. The Labute approximate surface area is 118 Å². The first-order valence-electron chi connectivity index (χ1n) is 5.53. The topological polar surface area (TPSA) is 120 Å². The van der Waals surface area contributed by atoms with Gasteiger partial charge >= 0.3 is 5.69 Å². The number of aromatic nitrogens is 3. The third kappa shape index (κ3) is 2.81. The molecule has 9 nitrogen and oxygen atoms in total. The molecule has 0 aliphatic rings. The lowest BCUT2D eigenvalue weighted by molar-refractivity contribution is -0.387. The van der Waals surface area contributed by atoms with Crippen molar-refractivity contribution in [3.05, 3.63) is 40.0 Å². The summed E-state index contributed by atoms with van der Waals surface area (Å²) in [5, 5.41) is 14.4. The number of aryl methyl sites for hydroxylation is 2. The molecule has 2 rings (SSSR count). The Morgan fingerprint density at radius 1 is 1.43 bits per heavy atom. The smallest absolute Gasteiger partial charge is 0.258 e. The molecule has 11 heteroatoms. The molecule has 0 saturated heterocycles. The highest BCUT2D eigenvalue weighted by atomic mass is 32.2. The summed E-state index contributed by atoms with van der Waals surface area (Å²) in [5.74, 6) is -1.17. The van der Waals surface area contributed by atoms with E-state index in [9.17, 15) is 22.9 Å². The maximum absolute atomic E-state index is 13.4. The Hall–Kier alpha value is -2.56. The lowest BCUT2D eigenvalue weighted by atomic mass is 10.2. The maximum Gasteiger partial charge on any atom is 0.306 e. The Morgan fingerprint density at radius 2 is 2.10 bits per heavy atom. The van der Waals surface area contributed by atoms with Crippen LogP contribution in [0.1, 0.15) is 5.56 Å². The molecule has 1 aromatic heterocycles. The van der Waals surface area contributed by atoms with E-state index in [0.29, 0.717) is 6.07 Å². The normalized spacial score (nSPS) is 11.4. The Balaban J connectivity index is 2.52. The molecule has 0 saturated carbocycles. The lowest BCUT2D eigenvalue weighted by Gasteiger charge is -2.09. The van der Waals surface area contributed by atoms with Gasteiger partial charge in [-0.15, -0.1) is 0 Å². The van der Waals surface area contributed by atoms with Gasteiger partial charge in [-0.1, -0.05) is 0 Å². The minimum absolute atomic E-state index is 0.0350. The monoisotopic (exact) mass is 315 g/mol. The van der Waals surface area contributed by atoms with Crippen LogP contribution >= 0.6 is 0 Å². The highest BCUT2D eigenvalue weighted by molar-refractivity contribution is 7.92. The predicted molar refractivity (Wildman–Crippen MR) is 69.6 cm³/mol. The van der Waals surface area contributed by atoms with Crippen LogP contribution in [0.15, 0.2) is 23.4 Å². The second kappa shape index (κ2) is 5.09. The number of nitro groups is 1. The number of nitrogens with one attached hydrogen (secondary N) is 1. The van der Waals surface area contributed by atoms with Crippen molar-refractivity contribution in [1.29, 1.82) is 0 Å². The Bertz CT molecular complexity index is 817. The summed E-state index contributed by atoms with van der Waals surface area (Å²) in [6, 6.07) is 1.47. The average Bonchev–Trinajstić information content (AvgIpc) is 2.73. The number of rotatable bonds is 4. The fourth-order valence-corrected chi connectivity index (χ4v) is 2.92. The van der Waals surface area contributed by atoms with Crippen LogP contribution in [0.3, 0.4) is 0 Å². The minimum atomic E-state index is -4.15. The van der Waals surface area contributed by atoms with E-state index in [1.54, 1.807) is 0 Å². The van der Waals surface area contributed by atoms with E-state index >= 15 is 0 Å². The largest absolute Gasteiger partial charge is 0.306 e. The van der Waals surface area contributed by atoms with Crippen LogP contribution < -0.4 is 4.72 Å². The molecule has 1 N–H and O–H groups in total. The first kappa shape index (κ1) is 14.8. The summed E-state index contributed by atoms with van der Waals surface area (Å²) >= 11 is 0. The van der Waals surface area contributed by atoms with Crippen molar-refractivity contribution in [2.75, 3.05) is 4.72 Å². The SMILES string of the molecule is Cc1cc(F)c([N+](=O)[O-])cc1S(=O)(=O)Nc1ncnn1C. The highest BCUT2D eigenvalue weighted by Crippen LogP contribution is 2.26. The highest BCUT2D eigenvalue weighted by Gasteiger charge is 2.25. The van der Waals surface area contributed by atoms with Gasteiger partial charge in [-0.05, 0) is 18.6 Å². The molecule has 0 unspecified atom stereocenters. The van der Waals surface area contributed by atoms with E-state index in [4.69, 9.17) is 0 Å². The van der Waals surface area contributed by atoms with E-state index in [2.05, 4.69) is 14.8 Å². The van der Waals surface area contributed by atoms with Crippen molar-refractivity contribution < 1.29 is 17.7 Å². The third-order valence-electron chi connectivity index (χ3n) is 2.67. The summed E-state index contributed by atoms with van der Waals surface area (Å²) in [4.78, 5) is 13.0. The van der Waals surface area contributed by atoms with Gasteiger partial charge in [-0.25, -0.2) is 17.8 Å². The zero-order valence-electron chi connectivity index (χ0n) is 10.9. The van der Waals surface area contributed by atoms with E-state index in [1.165, 1.54) is 18.7 Å². The number of hydrogen-bond acceptors (Lipinski definition) is 6.